The fourth-order valence-electron chi connectivity index (χ4n) is 3.02. The molecule has 2 aromatic carbocycles. The Kier molecular flexibility index (Phi) is 6.74. The molecule has 160 valence electrons. The Morgan fingerprint density at radius 2 is 1.83 bits per heavy atom. The summed E-state index contributed by atoms with van der Waals surface area (Å²) in [5.74, 6) is 0.352. The third-order valence-electron chi connectivity index (χ3n) is 4.49. The molecule has 1 aromatic heterocycles. The number of thiazole rings is 1. The van der Waals surface area contributed by atoms with Crippen LogP contribution in [0, 0.1) is 0 Å². The van der Waals surface area contributed by atoms with E-state index < -0.39 is 15.9 Å². The third kappa shape index (κ3) is 4.33. The first-order chi connectivity index (χ1) is 14.3. The Hall–Kier alpha value is -2.49. The molecule has 3 rings (SSSR count). The Labute approximate surface area is 180 Å². The van der Waals surface area contributed by atoms with Crippen molar-refractivity contribution in [2.75, 3.05) is 20.7 Å². The van der Waals surface area contributed by atoms with E-state index in [0.717, 1.165) is 26.7 Å². The molecule has 0 atom stereocenters. The highest BCUT2D eigenvalue weighted by Gasteiger charge is 2.18. The quantitative estimate of drug-likeness (QED) is 0.555. The molecule has 0 unspecified atom stereocenters. The Balaban J connectivity index is 2.05. The number of aromatic nitrogens is 1. The lowest BCUT2D eigenvalue weighted by molar-refractivity contribution is 0.0997. The average Bonchev–Trinajstić information content (AvgIpc) is 3.06. The number of hydrogen-bond acceptors (Lipinski definition) is 5. The van der Waals surface area contributed by atoms with E-state index in [0.29, 0.717) is 23.5 Å². The number of carbonyl (C=O) groups is 1. The van der Waals surface area contributed by atoms with Gasteiger partial charge in [-0.05, 0) is 49.7 Å². The van der Waals surface area contributed by atoms with Crippen molar-refractivity contribution in [3.05, 3.63) is 52.8 Å². The molecule has 0 fully saturated rings. The number of sulfonamides is 1. The molecule has 0 aliphatic carbocycles. The standard InChI is InChI=1S/C21H25N3O4S2/c1-5-14-24-19-17(28-6-2)8-7-9-18(19)29-21(24)22-20(25)15-10-12-16(13-11-15)30(26,27)23(3)4/h7-13H,5-6,14H2,1-4H3. The smallest absolute Gasteiger partial charge is 0.279 e. The number of rotatable bonds is 7. The first kappa shape index (κ1) is 22.2. The van der Waals surface area contributed by atoms with E-state index in [1.165, 1.54) is 49.7 Å². The lowest BCUT2D eigenvalue weighted by atomic mass is 10.2. The van der Waals surface area contributed by atoms with Crippen molar-refractivity contribution in [3.8, 4) is 5.75 Å². The van der Waals surface area contributed by atoms with Gasteiger partial charge < -0.3 is 9.30 Å². The number of fused-ring (bicyclic) bond motifs is 1. The Bertz CT molecular complexity index is 1220. The van der Waals surface area contributed by atoms with Crippen molar-refractivity contribution in [1.82, 2.24) is 8.87 Å². The van der Waals surface area contributed by atoms with Crippen LogP contribution in [-0.2, 0) is 16.6 Å². The molecule has 1 heterocycles. The zero-order chi connectivity index (χ0) is 21.9. The van der Waals surface area contributed by atoms with E-state index in [-0.39, 0.29) is 4.90 Å². The summed E-state index contributed by atoms with van der Waals surface area (Å²) < 4.78 is 34.3. The van der Waals surface area contributed by atoms with Gasteiger partial charge in [-0.15, -0.1) is 0 Å². The van der Waals surface area contributed by atoms with Crippen LogP contribution in [-0.4, -0.2) is 43.9 Å². The second-order valence-electron chi connectivity index (χ2n) is 6.80. The second-order valence-corrected chi connectivity index (χ2v) is 9.96. The van der Waals surface area contributed by atoms with Gasteiger partial charge in [-0.1, -0.05) is 24.3 Å². The van der Waals surface area contributed by atoms with Crippen LogP contribution in [0.2, 0.25) is 0 Å². The Morgan fingerprint density at radius 3 is 2.43 bits per heavy atom. The van der Waals surface area contributed by atoms with E-state index in [2.05, 4.69) is 11.9 Å². The summed E-state index contributed by atoms with van der Waals surface area (Å²) >= 11 is 1.43. The van der Waals surface area contributed by atoms with E-state index >= 15 is 0 Å². The fourth-order valence-corrected chi connectivity index (χ4v) is 4.99. The molecule has 3 aromatic rings. The van der Waals surface area contributed by atoms with Crippen molar-refractivity contribution in [3.63, 3.8) is 0 Å². The molecule has 0 saturated carbocycles. The number of benzene rings is 2. The third-order valence-corrected chi connectivity index (χ3v) is 7.36. The highest BCUT2D eigenvalue weighted by atomic mass is 32.2. The molecule has 0 bridgehead atoms. The Morgan fingerprint density at radius 1 is 1.13 bits per heavy atom. The number of nitrogens with zero attached hydrogens (tertiary/aromatic N) is 3. The van der Waals surface area contributed by atoms with Gasteiger partial charge in [0, 0.05) is 26.2 Å². The number of hydrogen-bond donors (Lipinski definition) is 0. The minimum absolute atomic E-state index is 0.133. The maximum Gasteiger partial charge on any atom is 0.279 e. The molecule has 9 heteroatoms. The molecule has 0 aliphatic heterocycles. The van der Waals surface area contributed by atoms with Gasteiger partial charge in [-0.3, -0.25) is 4.79 Å². The van der Waals surface area contributed by atoms with Gasteiger partial charge in [0.25, 0.3) is 5.91 Å². The number of aryl methyl sites for hydroxylation is 1. The van der Waals surface area contributed by atoms with Crippen LogP contribution in [0.3, 0.4) is 0 Å². The van der Waals surface area contributed by atoms with Crippen LogP contribution in [0.1, 0.15) is 30.6 Å². The van der Waals surface area contributed by atoms with Crippen LogP contribution in [0.4, 0.5) is 0 Å². The SMILES string of the molecule is CCCn1c(=NC(=O)c2ccc(S(=O)(=O)N(C)C)cc2)sc2cccc(OCC)c21. The number of ether oxygens (including phenoxy) is 1. The summed E-state index contributed by atoms with van der Waals surface area (Å²) in [6.45, 7) is 5.25. The first-order valence-electron chi connectivity index (χ1n) is 9.66. The molecule has 7 nitrogen and oxygen atoms in total. The number of amides is 1. The lowest BCUT2D eigenvalue weighted by Crippen LogP contribution is -2.22. The van der Waals surface area contributed by atoms with E-state index in [4.69, 9.17) is 4.74 Å². The first-order valence-corrected chi connectivity index (χ1v) is 11.9. The van der Waals surface area contributed by atoms with Gasteiger partial charge in [-0.25, -0.2) is 12.7 Å². The maximum atomic E-state index is 12.8. The molecule has 0 N–H and O–H groups in total. The molecule has 1 amide bonds. The van der Waals surface area contributed by atoms with Gasteiger partial charge in [-0.2, -0.15) is 4.99 Å². The zero-order valence-corrected chi connectivity index (χ0v) is 19.1. The normalized spacial score (nSPS) is 12.6. The fraction of sp³-hybridized carbons (Fsp3) is 0.333. The maximum absolute atomic E-state index is 12.8. The molecular formula is C21H25N3O4S2. The lowest BCUT2D eigenvalue weighted by Gasteiger charge is -2.11. The molecular weight excluding hydrogens is 422 g/mol. The second kappa shape index (κ2) is 9.11. The molecule has 0 radical (unpaired) electrons. The van der Waals surface area contributed by atoms with Crippen LogP contribution >= 0.6 is 11.3 Å². The summed E-state index contributed by atoms with van der Waals surface area (Å²) in [4.78, 5) is 17.9. The monoisotopic (exact) mass is 447 g/mol. The van der Waals surface area contributed by atoms with Crippen LogP contribution in [0.5, 0.6) is 5.75 Å². The predicted octanol–water partition coefficient (Wildman–Crippen LogP) is 3.50. The minimum atomic E-state index is -3.54. The van der Waals surface area contributed by atoms with Crippen LogP contribution < -0.4 is 9.54 Å². The predicted molar refractivity (Wildman–Crippen MR) is 118 cm³/mol. The topological polar surface area (TPSA) is 81.0 Å². The highest BCUT2D eigenvalue weighted by molar-refractivity contribution is 7.89. The van der Waals surface area contributed by atoms with Crippen molar-refractivity contribution >= 4 is 37.5 Å². The summed E-state index contributed by atoms with van der Waals surface area (Å²) in [6.07, 6.45) is 0.880. The largest absolute Gasteiger partial charge is 0.492 e. The summed E-state index contributed by atoms with van der Waals surface area (Å²) in [5.41, 5.74) is 1.27. The van der Waals surface area contributed by atoms with E-state index in [1.807, 2.05) is 29.7 Å². The summed E-state index contributed by atoms with van der Waals surface area (Å²) in [7, 11) is -0.612. The van der Waals surface area contributed by atoms with Gasteiger partial charge in [0.15, 0.2) is 4.80 Å². The zero-order valence-electron chi connectivity index (χ0n) is 17.5. The molecule has 0 spiro atoms. The molecule has 0 saturated heterocycles. The van der Waals surface area contributed by atoms with Gasteiger partial charge in [0.2, 0.25) is 10.0 Å². The van der Waals surface area contributed by atoms with Crippen molar-refractivity contribution in [1.29, 1.82) is 0 Å². The minimum Gasteiger partial charge on any atom is -0.492 e. The van der Waals surface area contributed by atoms with Crippen LogP contribution in [0.15, 0.2) is 52.4 Å². The number of para-hydroxylation sites is 1. The van der Waals surface area contributed by atoms with Gasteiger partial charge in [0.1, 0.15) is 11.3 Å². The molecule has 30 heavy (non-hydrogen) atoms. The summed E-state index contributed by atoms with van der Waals surface area (Å²) in [5, 5.41) is 0. The van der Waals surface area contributed by atoms with Crippen molar-refractivity contribution in [2.24, 2.45) is 4.99 Å². The number of carbonyl (C=O) groups excluding carboxylic acids is 1. The van der Waals surface area contributed by atoms with Crippen molar-refractivity contribution < 1.29 is 17.9 Å². The average molecular weight is 448 g/mol. The van der Waals surface area contributed by atoms with Gasteiger partial charge >= 0.3 is 0 Å². The van der Waals surface area contributed by atoms with Crippen molar-refractivity contribution in [2.45, 2.75) is 31.7 Å². The van der Waals surface area contributed by atoms with Gasteiger partial charge in [0.05, 0.1) is 16.2 Å². The highest BCUT2D eigenvalue weighted by Crippen LogP contribution is 2.28. The molecule has 0 aliphatic rings. The van der Waals surface area contributed by atoms with E-state index in [9.17, 15) is 13.2 Å². The van der Waals surface area contributed by atoms with E-state index in [1.54, 1.807) is 0 Å². The summed E-state index contributed by atoms with van der Waals surface area (Å²) in [6, 6.07) is 11.7. The van der Waals surface area contributed by atoms with Crippen LogP contribution in [0.25, 0.3) is 10.2 Å².